The molecule has 0 unspecified atom stereocenters. The van der Waals surface area contributed by atoms with Crippen LogP contribution < -0.4 is 0 Å². The largest absolute Gasteiger partial charge is 0.468 e. The quantitative estimate of drug-likeness (QED) is 0.815. The maximum atomic E-state index is 13.4. The van der Waals surface area contributed by atoms with Crippen molar-refractivity contribution in [1.29, 1.82) is 0 Å². The topological polar surface area (TPSA) is 47.4 Å². The number of rotatable bonds is 4. The smallest absolute Gasteiger partial charge is 0.323 e. The number of imidazole rings is 1. The van der Waals surface area contributed by atoms with Gasteiger partial charge in [0.1, 0.15) is 11.9 Å². The number of esters is 1. The van der Waals surface area contributed by atoms with E-state index in [0.717, 1.165) is 11.0 Å². The zero-order chi connectivity index (χ0) is 15.7. The van der Waals surface area contributed by atoms with Gasteiger partial charge in [-0.2, -0.15) is 8.78 Å². The number of likely N-dealkylation sites (tertiary alicyclic amines) is 1. The third-order valence-electron chi connectivity index (χ3n) is 4.05. The monoisotopic (exact) mass is 309 g/mol. The van der Waals surface area contributed by atoms with Crippen molar-refractivity contribution in [2.75, 3.05) is 13.7 Å². The zero-order valence-electron chi connectivity index (χ0n) is 12.2. The van der Waals surface area contributed by atoms with Gasteiger partial charge in [-0.15, -0.1) is 0 Å². The molecule has 0 aliphatic carbocycles. The van der Waals surface area contributed by atoms with E-state index in [4.69, 9.17) is 4.74 Å². The van der Waals surface area contributed by atoms with Crippen LogP contribution in [0.25, 0.3) is 11.0 Å². The first-order chi connectivity index (χ1) is 10.6. The molecule has 2 heterocycles. The van der Waals surface area contributed by atoms with Gasteiger partial charge in [0.05, 0.1) is 24.7 Å². The van der Waals surface area contributed by atoms with E-state index >= 15 is 0 Å². The fourth-order valence-corrected chi connectivity index (χ4v) is 3.02. The predicted molar refractivity (Wildman–Crippen MR) is 76.4 cm³/mol. The molecule has 1 aromatic heterocycles. The number of nitrogens with zero attached hydrogens (tertiary/aromatic N) is 3. The average molecular weight is 309 g/mol. The summed E-state index contributed by atoms with van der Waals surface area (Å²) in [6.07, 6.45) is 1.52. The van der Waals surface area contributed by atoms with Gasteiger partial charge < -0.3 is 4.74 Å². The van der Waals surface area contributed by atoms with Crippen molar-refractivity contribution in [3.8, 4) is 0 Å². The Morgan fingerprint density at radius 3 is 2.95 bits per heavy atom. The van der Waals surface area contributed by atoms with E-state index in [1.54, 1.807) is 24.3 Å². The Morgan fingerprint density at radius 2 is 2.23 bits per heavy atom. The lowest BCUT2D eigenvalue weighted by molar-refractivity contribution is -0.146. The molecule has 0 amide bonds. The second kappa shape index (κ2) is 6.00. The third-order valence-corrected chi connectivity index (χ3v) is 4.05. The molecule has 1 aliphatic heterocycles. The minimum atomic E-state index is -2.67. The molecule has 118 valence electrons. The number of methoxy groups -OCH3 is 1. The van der Waals surface area contributed by atoms with Gasteiger partial charge in [-0.3, -0.25) is 14.3 Å². The molecule has 3 rings (SSSR count). The number of aromatic nitrogens is 2. The maximum absolute atomic E-state index is 13.4. The van der Waals surface area contributed by atoms with E-state index in [-0.39, 0.29) is 24.4 Å². The number of carbonyl (C=O) groups excluding carboxylic acids is 1. The van der Waals surface area contributed by atoms with Crippen LogP contribution in [0.3, 0.4) is 0 Å². The summed E-state index contributed by atoms with van der Waals surface area (Å²) in [7, 11) is 1.34. The van der Waals surface area contributed by atoms with E-state index < -0.39 is 6.55 Å². The fourth-order valence-electron chi connectivity index (χ4n) is 3.02. The van der Waals surface area contributed by atoms with Crippen molar-refractivity contribution < 1.29 is 18.3 Å². The molecule has 1 saturated heterocycles. The van der Waals surface area contributed by atoms with Crippen LogP contribution >= 0.6 is 0 Å². The summed E-state index contributed by atoms with van der Waals surface area (Å²) in [6.45, 7) is -1.79. The van der Waals surface area contributed by atoms with Crippen LogP contribution in [0.2, 0.25) is 0 Å². The lowest BCUT2D eigenvalue weighted by Gasteiger charge is -2.22. The van der Waals surface area contributed by atoms with Gasteiger partial charge in [-0.05, 0) is 31.5 Å². The SMILES string of the molecule is COC(=O)[C@@H]1CCCN1Cc1nc2ccccc2n1C(F)F. The summed E-state index contributed by atoms with van der Waals surface area (Å²) in [4.78, 5) is 17.9. The van der Waals surface area contributed by atoms with Gasteiger partial charge in [0, 0.05) is 0 Å². The molecule has 1 aromatic carbocycles. The van der Waals surface area contributed by atoms with Gasteiger partial charge >= 0.3 is 12.5 Å². The highest BCUT2D eigenvalue weighted by Gasteiger charge is 2.33. The molecule has 0 radical (unpaired) electrons. The Bertz CT molecular complexity index is 686. The van der Waals surface area contributed by atoms with E-state index in [1.807, 2.05) is 4.90 Å². The van der Waals surface area contributed by atoms with Crippen LogP contribution in [0.1, 0.15) is 25.2 Å². The van der Waals surface area contributed by atoms with E-state index in [9.17, 15) is 13.6 Å². The lowest BCUT2D eigenvalue weighted by atomic mass is 10.2. The summed E-state index contributed by atoms with van der Waals surface area (Å²) in [5.74, 6) is -0.0517. The summed E-state index contributed by atoms with van der Waals surface area (Å²) in [5.41, 5.74) is 0.938. The van der Waals surface area contributed by atoms with Gasteiger partial charge in [0.25, 0.3) is 0 Å². The number of hydrogen-bond donors (Lipinski definition) is 0. The summed E-state index contributed by atoms with van der Waals surface area (Å²) < 4.78 is 32.5. The van der Waals surface area contributed by atoms with Crippen LogP contribution in [-0.4, -0.2) is 40.1 Å². The number of alkyl halides is 2. The van der Waals surface area contributed by atoms with Crippen LogP contribution in [0.5, 0.6) is 0 Å². The Labute approximate surface area is 126 Å². The predicted octanol–water partition coefficient (Wildman–Crippen LogP) is 2.57. The molecule has 1 aliphatic rings. The first-order valence-corrected chi connectivity index (χ1v) is 7.17. The number of halogens is 2. The summed E-state index contributed by atoms with van der Waals surface area (Å²) >= 11 is 0. The normalized spacial score (nSPS) is 19.2. The fraction of sp³-hybridized carbons (Fsp3) is 0.467. The number of benzene rings is 1. The van der Waals surface area contributed by atoms with Crippen LogP contribution in [0, 0.1) is 0 Å². The third kappa shape index (κ3) is 2.56. The molecule has 5 nitrogen and oxygen atoms in total. The zero-order valence-corrected chi connectivity index (χ0v) is 12.2. The first kappa shape index (κ1) is 14.9. The molecule has 1 fully saturated rings. The van der Waals surface area contributed by atoms with Crippen molar-refractivity contribution in [3.63, 3.8) is 0 Å². The van der Waals surface area contributed by atoms with Crippen LogP contribution in [0.4, 0.5) is 8.78 Å². The summed E-state index contributed by atoms with van der Waals surface area (Å²) in [6, 6.07) is 6.43. The van der Waals surface area contributed by atoms with E-state index in [0.29, 0.717) is 24.0 Å². The van der Waals surface area contributed by atoms with Crippen LogP contribution in [-0.2, 0) is 16.1 Å². The van der Waals surface area contributed by atoms with Crippen molar-refractivity contribution in [2.45, 2.75) is 32.0 Å². The number of carbonyl (C=O) groups is 1. The van der Waals surface area contributed by atoms with Crippen LogP contribution in [0.15, 0.2) is 24.3 Å². The molecule has 0 N–H and O–H groups in total. The van der Waals surface area contributed by atoms with E-state index in [1.165, 1.54) is 7.11 Å². The second-order valence-electron chi connectivity index (χ2n) is 5.32. The minimum Gasteiger partial charge on any atom is -0.468 e. The Kier molecular flexibility index (Phi) is 4.06. The molecular weight excluding hydrogens is 292 g/mol. The van der Waals surface area contributed by atoms with Crippen molar-refractivity contribution >= 4 is 17.0 Å². The minimum absolute atomic E-state index is 0.207. The van der Waals surface area contributed by atoms with Gasteiger partial charge in [-0.25, -0.2) is 4.98 Å². The molecule has 2 aromatic rings. The molecule has 0 bridgehead atoms. The van der Waals surface area contributed by atoms with Gasteiger partial charge in [0.2, 0.25) is 0 Å². The molecule has 0 saturated carbocycles. The molecular formula is C15H17F2N3O2. The van der Waals surface area contributed by atoms with Crippen molar-refractivity contribution in [3.05, 3.63) is 30.1 Å². The van der Waals surface area contributed by atoms with Crippen molar-refractivity contribution in [1.82, 2.24) is 14.5 Å². The van der Waals surface area contributed by atoms with Crippen molar-refractivity contribution in [2.24, 2.45) is 0 Å². The Balaban J connectivity index is 1.93. The second-order valence-corrected chi connectivity index (χ2v) is 5.32. The Morgan fingerprint density at radius 1 is 1.45 bits per heavy atom. The molecule has 0 spiro atoms. The number of para-hydroxylation sites is 2. The Hall–Kier alpha value is -2.02. The highest BCUT2D eigenvalue weighted by Crippen LogP contribution is 2.26. The standard InChI is InChI=1S/C15H17F2N3O2/c1-22-14(21)12-7-4-8-19(12)9-13-18-10-5-2-3-6-11(10)20(13)15(16)17/h2-3,5-6,12,15H,4,7-9H2,1H3/t12-/m0/s1. The van der Waals surface area contributed by atoms with E-state index in [2.05, 4.69) is 4.98 Å². The highest BCUT2D eigenvalue weighted by molar-refractivity contribution is 5.77. The van der Waals surface area contributed by atoms with Gasteiger partial charge in [-0.1, -0.05) is 12.1 Å². The average Bonchev–Trinajstić information content (AvgIpc) is 3.10. The van der Waals surface area contributed by atoms with Gasteiger partial charge in [0.15, 0.2) is 0 Å². The lowest BCUT2D eigenvalue weighted by Crippen LogP contribution is -2.37. The number of fused-ring (bicyclic) bond motifs is 1. The first-order valence-electron chi connectivity index (χ1n) is 7.17. The highest BCUT2D eigenvalue weighted by atomic mass is 19.3. The number of ether oxygens (including phenoxy) is 1. The molecule has 1 atom stereocenters. The molecule has 22 heavy (non-hydrogen) atoms. The molecule has 7 heteroatoms. The number of hydrogen-bond acceptors (Lipinski definition) is 4. The maximum Gasteiger partial charge on any atom is 0.323 e. The summed E-state index contributed by atoms with van der Waals surface area (Å²) in [5, 5.41) is 0.